The van der Waals surface area contributed by atoms with E-state index in [1.165, 1.54) is 0 Å². The second-order valence-corrected chi connectivity index (χ2v) is 7.71. The van der Waals surface area contributed by atoms with Crippen LogP contribution in [-0.2, 0) is 6.42 Å². The number of nitrogens with one attached hydrogen (secondary N) is 1. The molecule has 0 spiro atoms. The van der Waals surface area contributed by atoms with Crippen molar-refractivity contribution in [2.45, 2.75) is 6.42 Å². The van der Waals surface area contributed by atoms with E-state index >= 15 is 0 Å². The lowest BCUT2D eigenvalue weighted by Crippen LogP contribution is -1.95. The number of benzene rings is 3. The largest absolute Gasteiger partial charge is 0.493 e. The minimum atomic E-state index is -0.0112. The molecular weight excluding hydrogens is 426 g/mol. The molecule has 0 amide bonds. The Labute approximate surface area is 199 Å². The van der Waals surface area contributed by atoms with Gasteiger partial charge in [0.15, 0.2) is 17.3 Å². The quantitative estimate of drug-likeness (QED) is 0.182. The fourth-order valence-corrected chi connectivity index (χ4v) is 3.92. The zero-order valence-electron chi connectivity index (χ0n) is 19.5. The lowest BCUT2D eigenvalue weighted by atomic mass is 10.0. The Morgan fingerprint density at radius 3 is 2.32 bits per heavy atom. The predicted octanol–water partition coefficient (Wildman–Crippen LogP) is 6.35. The highest BCUT2D eigenvalue weighted by Crippen LogP contribution is 2.38. The van der Waals surface area contributed by atoms with Crippen LogP contribution in [0.3, 0.4) is 0 Å². The highest BCUT2D eigenvalue weighted by molar-refractivity contribution is 6.13. The molecule has 3 aromatic carbocycles. The van der Waals surface area contributed by atoms with Crippen molar-refractivity contribution >= 4 is 28.8 Å². The van der Waals surface area contributed by atoms with Crippen LogP contribution in [0.25, 0.3) is 23.1 Å². The number of H-pyrrole nitrogens is 1. The molecule has 0 atom stereocenters. The van der Waals surface area contributed by atoms with Gasteiger partial charge in [0.1, 0.15) is 0 Å². The molecule has 0 bridgehead atoms. The predicted molar refractivity (Wildman–Crippen MR) is 137 cm³/mol. The van der Waals surface area contributed by atoms with Gasteiger partial charge in [-0.3, -0.25) is 4.79 Å². The Balaban J connectivity index is 1.52. The zero-order chi connectivity index (χ0) is 23.9. The van der Waals surface area contributed by atoms with Crippen molar-refractivity contribution in [2.75, 3.05) is 21.3 Å². The zero-order valence-corrected chi connectivity index (χ0v) is 19.5. The molecule has 0 unspecified atom stereocenters. The van der Waals surface area contributed by atoms with E-state index in [2.05, 4.69) is 17.1 Å². The van der Waals surface area contributed by atoms with E-state index in [-0.39, 0.29) is 5.78 Å². The molecule has 4 rings (SSSR count). The highest BCUT2D eigenvalue weighted by atomic mass is 16.5. The van der Waals surface area contributed by atoms with Crippen LogP contribution in [0, 0.1) is 0 Å². The number of carbonyl (C=O) groups excluding carboxylic acids is 1. The Morgan fingerprint density at radius 2 is 1.59 bits per heavy atom. The summed E-state index contributed by atoms with van der Waals surface area (Å²) < 4.78 is 16.3. The normalized spacial score (nSPS) is 11.4. The molecule has 0 saturated carbocycles. The summed E-state index contributed by atoms with van der Waals surface area (Å²) in [5, 5.41) is 0.936. The maximum absolute atomic E-state index is 12.7. The number of ether oxygens (including phenoxy) is 3. The molecule has 5 heteroatoms. The van der Waals surface area contributed by atoms with E-state index in [1.54, 1.807) is 33.6 Å². The number of carbonyl (C=O) groups is 1. The Bertz CT molecular complexity index is 1340. The number of hydrogen-bond donors (Lipinski definition) is 1. The summed E-state index contributed by atoms with van der Waals surface area (Å²) in [6, 6.07) is 19.7. The van der Waals surface area contributed by atoms with Crippen molar-refractivity contribution in [2.24, 2.45) is 0 Å². The van der Waals surface area contributed by atoms with Crippen molar-refractivity contribution < 1.29 is 19.0 Å². The van der Waals surface area contributed by atoms with E-state index in [4.69, 9.17) is 14.2 Å². The van der Waals surface area contributed by atoms with Gasteiger partial charge in [-0.15, -0.1) is 0 Å². The number of fused-ring (bicyclic) bond motifs is 1. The van der Waals surface area contributed by atoms with Crippen LogP contribution in [0.2, 0.25) is 0 Å². The van der Waals surface area contributed by atoms with E-state index in [1.807, 2.05) is 66.8 Å². The monoisotopic (exact) mass is 453 g/mol. The SMILES string of the molecule is COc1cc(/C=C\c2ccccc2C/C=C\C(=O)c2c[nH]c3ccccc23)cc(OC)c1OC. The maximum Gasteiger partial charge on any atom is 0.203 e. The molecule has 34 heavy (non-hydrogen) atoms. The van der Waals surface area contributed by atoms with E-state index in [0.29, 0.717) is 29.2 Å². The minimum Gasteiger partial charge on any atom is -0.493 e. The van der Waals surface area contributed by atoms with Gasteiger partial charge in [-0.2, -0.15) is 0 Å². The fraction of sp³-hybridized carbons (Fsp3) is 0.138. The lowest BCUT2D eigenvalue weighted by molar-refractivity contribution is 0.104. The summed E-state index contributed by atoms with van der Waals surface area (Å²) in [4.78, 5) is 15.9. The van der Waals surface area contributed by atoms with Crippen molar-refractivity contribution in [3.05, 3.63) is 101 Å². The second-order valence-electron chi connectivity index (χ2n) is 7.71. The summed E-state index contributed by atoms with van der Waals surface area (Å²) in [6.07, 6.45) is 10.0. The first-order valence-corrected chi connectivity index (χ1v) is 11.0. The number of hydrogen-bond acceptors (Lipinski definition) is 4. The Kier molecular flexibility index (Phi) is 7.13. The van der Waals surface area contributed by atoms with E-state index < -0.39 is 0 Å². The van der Waals surface area contributed by atoms with Gasteiger partial charge in [-0.25, -0.2) is 0 Å². The minimum absolute atomic E-state index is 0.0112. The van der Waals surface area contributed by atoms with Gasteiger partial charge >= 0.3 is 0 Å². The van der Waals surface area contributed by atoms with Crippen LogP contribution < -0.4 is 14.2 Å². The molecule has 0 fully saturated rings. The lowest BCUT2D eigenvalue weighted by Gasteiger charge is -2.13. The van der Waals surface area contributed by atoms with Crippen LogP contribution in [0.15, 0.2) is 79.0 Å². The number of rotatable bonds is 9. The number of ketones is 1. The molecule has 4 aromatic rings. The highest BCUT2D eigenvalue weighted by Gasteiger charge is 2.12. The standard InChI is InChI=1S/C29H27NO4/c1-32-27-17-20(18-28(33-2)29(27)34-3)15-16-22-10-5-4-9-21(22)11-8-14-26(31)24-19-30-25-13-7-6-12-23(24)25/h4-10,12-19,30H,11H2,1-3H3/b14-8-,16-15-. The summed E-state index contributed by atoms with van der Waals surface area (Å²) in [5.74, 6) is 1.76. The second kappa shape index (κ2) is 10.6. The summed E-state index contributed by atoms with van der Waals surface area (Å²) >= 11 is 0. The summed E-state index contributed by atoms with van der Waals surface area (Å²) in [7, 11) is 4.79. The van der Waals surface area contributed by atoms with Gasteiger partial charge in [0, 0.05) is 22.7 Å². The van der Waals surface area contributed by atoms with Crippen molar-refractivity contribution in [1.82, 2.24) is 4.98 Å². The third-order valence-electron chi connectivity index (χ3n) is 5.66. The number of aromatic nitrogens is 1. The Hall–Kier alpha value is -4.25. The molecule has 0 aliphatic rings. The number of methoxy groups -OCH3 is 3. The third kappa shape index (κ3) is 4.89. The Morgan fingerprint density at radius 1 is 0.882 bits per heavy atom. The van der Waals surface area contributed by atoms with Crippen LogP contribution in [0.5, 0.6) is 17.2 Å². The third-order valence-corrected chi connectivity index (χ3v) is 5.66. The number of allylic oxidation sites excluding steroid dienone is 2. The summed E-state index contributed by atoms with van der Waals surface area (Å²) in [6.45, 7) is 0. The van der Waals surface area contributed by atoms with Crippen LogP contribution >= 0.6 is 0 Å². The molecule has 1 N–H and O–H groups in total. The molecule has 1 aromatic heterocycles. The average molecular weight is 454 g/mol. The molecule has 0 saturated heterocycles. The van der Waals surface area contributed by atoms with Gasteiger partial charge in [-0.1, -0.05) is 60.7 Å². The molecule has 0 aliphatic carbocycles. The average Bonchev–Trinajstić information content (AvgIpc) is 3.31. The molecule has 1 heterocycles. The smallest absolute Gasteiger partial charge is 0.203 e. The molecule has 172 valence electrons. The van der Waals surface area contributed by atoms with Crippen LogP contribution in [0.1, 0.15) is 27.0 Å². The van der Waals surface area contributed by atoms with Gasteiger partial charge < -0.3 is 19.2 Å². The first-order valence-electron chi connectivity index (χ1n) is 11.0. The van der Waals surface area contributed by atoms with Crippen LogP contribution in [0.4, 0.5) is 0 Å². The van der Waals surface area contributed by atoms with Gasteiger partial charge in [0.25, 0.3) is 0 Å². The molecular formula is C29H27NO4. The summed E-state index contributed by atoms with van der Waals surface area (Å²) in [5.41, 5.74) is 4.76. The van der Waals surface area contributed by atoms with E-state index in [9.17, 15) is 4.79 Å². The molecule has 0 aliphatic heterocycles. The maximum atomic E-state index is 12.7. The molecule has 0 radical (unpaired) electrons. The van der Waals surface area contributed by atoms with Gasteiger partial charge in [-0.05, 0) is 47.4 Å². The first kappa shape index (κ1) is 22.9. The fourth-order valence-electron chi connectivity index (χ4n) is 3.92. The van der Waals surface area contributed by atoms with Crippen molar-refractivity contribution in [3.63, 3.8) is 0 Å². The molecule has 5 nitrogen and oxygen atoms in total. The number of para-hydroxylation sites is 1. The van der Waals surface area contributed by atoms with Gasteiger partial charge in [0.2, 0.25) is 5.75 Å². The first-order chi connectivity index (χ1) is 16.6. The van der Waals surface area contributed by atoms with E-state index in [0.717, 1.165) is 27.6 Å². The topological polar surface area (TPSA) is 60.6 Å². The number of aromatic amines is 1. The van der Waals surface area contributed by atoms with Crippen LogP contribution in [-0.4, -0.2) is 32.1 Å². The van der Waals surface area contributed by atoms with Crippen molar-refractivity contribution in [1.29, 1.82) is 0 Å². The van der Waals surface area contributed by atoms with Gasteiger partial charge in [0.05, 0.1) is 21.3 Å². The van der Waals surface area contributed by atoms with Crippen molar-refractivity contribution in [3.8, 4) is 17.2 Å².